The summed E-state index contributed by atoms with van der Waals surface area (Å²) in [5.41, 5.74) is -0.377. The summed E-state index contributed by atoms with van der Waals surface area (Å²) in [6, 6.07) is 1.75. The smallest absolute Gasteiger partial charge is 0.332 e. The first kappa shape index (κ1) is 12.8. The van der Waals surface area contributed by atoms with Gasteiger partial charge >= 0.3 is 5.69 Å². The van der Waals surface area contributed by atoms with Crippen LogP contribution in [0.25, 0.3) is 11.0 Å². The zero-order chi connectivity index (χ0) is 14.3. The van der Waals surface area contributed by atoms with Gasteiger partial charge < -0.3 is 4.90 Å². The molecule has 7 nitrogen and oxygen atoms in total. The summed E-state index contributed by atoms with van der Waals surface area (Å²) in [6.45, 7) is 1.87. The van der Waals surface area contributed by atoms with Crippen LogP contribution in [0, 0.1) is 0 Å². The quantitative estimate of drug-likeness (QED) is 0.733. The molecule has 1 saturated heterocycles. The van der Waals surface area contributed by atoms with E-state index in [1.807, 2.05) is 0 Å². The van der Waals surface area contributed by atoms with Gasteiger partial charge in [-0.1, -0.05) is 0 Å². The number of aryl methyl sites for hydroxylation is 1. The molecule has 20 heavy (non-hydrogen) atoms. The summed E-state index contributed by atoms with van der Waals surface area (Å²) < 4.78 is 2.45. The molecule has 1 aliphatic heterocycles. The maximum atomic E-state index is 12.2. The lowest BCUT2D eigenvalue weighted by atomic mass is 10.1. The molecule has 106 valence electrons. The number of nitrogens with zero attached hydrogens (tertiary/aromatic N) is 5. The Morgan fingerprint density at radius 2 is 1.70 bits per heavy atom. The molecule has 1 aliphatic rings. The number of anilines is 1. The van der Waals surface area contributed by atoms with Crippen LogP contribution in [-0.4, -0.2) is 32.4 Å². The van der Waals surface area contributed by atoms with Gasteiger partial charge in [0.05, 0.1) is 5.39 Å². The standard InChI is InChI=1S/C13H17N5O2/c1-16-11-9(12(19)17(2)13(16)20)8-10(14-15-11)18-6-4-3-5-7-18/h8H,3-7H2,1-2H3. The maximum Gasteiger partial charge on any atom is 0.332 e. The highest BCUT2D eigenvalue weighted by Crippen LogP contribution is 2.18. The number of piperidine rings is 1. The third-order valence-electron chi connectivity index (χ3n) is 3.87. The minimum atomic E-state index is -0.387. The molecule has 1 fully saturated rings. The lowest BCUT2D eigenvalue weighted by Gasteiger charge is -2.27. The molecule has 0 amide bonds. The second kappa shape index (κ2) is 4.73. The van der Waals surface area contributed by atoms with E-state index in [1.165, 1.54) is 18.0 Å². The molecule has 0 aromatic carbocycles. The highest BCUT2D eigenvalue weighted by molar-refractivity contribution is 5.76. The average molecular weight is 275 g/mol. The predicted octanol–water partition coefficient (Wildman–Crippen LogP) is 0.0175. The van der Waals surface area contributed by atoms with Crippen molar-refractivity contribution in [2.45, 2.75) is 19.3 Å². The summed E-state index contributed by atoms with van der Waals surface area (Å²) in [7, 11) is 3.07. The van der Waals surface area contributed by atoms with Gasteiger partial charge in [-0.3, -0.25) is 13.9 Å². The van der Waals surface area contributed by atoms with Gasteiger partial charge in [0.1, 0.15) is 0 Å². The van der Waals surface area contributed by atoms with Gasteiger partial charge in [-0.05, 0) is 25.3 Å². The second-order valence-electron chi connectivity index (χ2n) is 5.19. The summed E-state index contributed by atoms with van der Waals surface area (Å²) in [4.78, 5) is 26.2. The first-order valence-corrected chi connectivity index (χ1v) is 6.78. The minimum Gasteiger partial charge on any atom is -0.355 e. The minimum absolute atomic E-state index is 0.323. The topological polar surface area (TPSA) is 73.0 Å². The van der Waals surface area contributed by atoms with Gasteiger partial charge in [-0.25, -0.2) is 4.79 Å². The van der Waals surface area contributed by atoms with Crippen LogP contribution < -0.4 is 16.1 Å². The Balaban J connectivity index is 2.20. The molecule has 0 spiro atoms. The maximum absolute atomic E-state index is 12.2. The Kier molecular flexibility index (Phi) is 3.04. The molecule has 3 rings (SSSR count). The van der Waals surface area contributed by atoms with Crippen LogP contribution in [0.4, 0.5) is 5.82 Å². The van der Waals surface area contributed by atoms with E-state index in [9.17, 15) is 9.59 Å². The van der Waals surface area contributed by atoms with Gasteiger partial charge in [-0.2, -0.15) is 0 Å². The fourth-order valence-corrected chi connectivity index (χ4v) is 2.64. The molecule has 0 bridgehead atoms. The fourth-order valence-electron chi connectivity index (χ4n) is 2.64. The Hall–Kier alpha value is -2.18. The number of rotatable bonds is 1. The SMILES string of the molecule is Cn1c(=O)c2cc(N3CCCCC3)nnc2n(C)c1=O. The van der Waals surface area contributed by atoms with Crippen molar-refractivity contribution < 1.29 is 0 Å². The number of hydrogen-bond donors (Lipinski definition) is 0. The van der Waals surface area contributed by atoms with Crippen LogP contribution in [-0.2, 0) is 14.1 Å². The Bertz CT molecular complexity index is 771. The molecule has 0 aliphatic carbocycles. The summed E-state index contributed by atoms with van der Waals surface area (Å²) >= 11 is 0. The van der Waals surface area contributed by atoms with Gasteiger partial charge in [0, 0.05) is 27.2 Å². The molecule has 2 aromatic rings. The fraction of sp³-hybridized carbons (Fsp3) is 0.538. The monoisotopic (exact) mass is 275 g/mol. The van der Waals surface area contributed by atoms with Crippen molar-refractivity contribution in [2.75, 3.05) is 18.0 Å². The van der Waals surface area contributed by atoms with Crippen LogP contribution in [0.1, 0.15) is 19.3 Å². The Morgan fingerprint density at radius 1 is 1.00 bits per heavy atom. The van der Waals surface area contributed by atoms with E-state index in [-0.39, 0.29) is 11.2 Å². The largest absolute Gasteiger partial charge is 0.355 e. The third-order valence-corrected chi connectivity index (χ3v) is 3.87. The second-order valence-corrected chi connectivity index (χ2v) is 5.19. The van der Waals surface area contributed by atoms with Gasteiger partial charge in [0.2, 0.25) is 0 Å². The summed E-state index contributed by atoms with van der Waals surface area (Å²) in [5.74, 6) is 0.716. The Morgan fingerprint density at radius 3 is 2.40 bits per heavy atom. The third kappa shape index (κ3) is 1.90. The van der Waals surface area contributed by atoms with Crippen molar-refractivity contribution in [3.8, 4) is 0 Å². The van der Waals surface area contributed by atoms with E-state index < -0.39 is 0 Å². The number of fused-ring (bicyclic) bond motifs is 1. The average Bonchev–Trinajstić information content (AvgIpc) is 2.51. The van der Waals surface area contributed by atoms with Crippen LogP contribution >= 0.6 is 0 Å². The van der Waals surface area contributed by atoms with Crippen molar-refractivity contribution in [3.05, 3.63) is 26.9 Å². The first-order chi connectivity index (χ1) is 9.59. The molecule has 0 unspecified atom stereocenters. The van der Waals surface area contributed by atoms with E-state index in [0.29, 0.717) is 16.9 Å². The Labute approximate surface area is 115 Å². The van der Waals surface area contributed by atoms with Crippen LogP contribution in [0.3, 0.4) is 0 Å². The normalized spacial score (nSPS) is 15.8. The highest BCUT2D eigenvalue weighted by atomic mass is 16.2. The van der Waals surface area contributed by atoms with E-state index in [0.717, 1.165) is 30.5 Å². The molecule has 3 heterocycles. The molecular formula is C13H17N5O2. The predicted molar refractivity (Wildman–Crippen MR) is 76.1 cm³/mol. The van der Waals surface area contributed by atoms with Crippen molar-refractivity contribution >= 4 is 16.9 Å². The molecule has 2 aromatic heterocycles. The van der Waals surface area contributed by atoms with E-state index in [4.69, 9.17) is 0 Å². The van der Waals surface area contributed by atoms with Crippen molar-refractivity contribution in [3.63, 3.8) is 0 Å². The van der Waals surface area contributed by atoms with Gasteiger partial charge in [0.25, 0.3) is 5.56 Å². The zero-order valence-electron chi connectivity index (χ0n) is 11.7. The molecule has 0 atom stereocenters. The molecule has 0 saturated carbocycles. The summed E-state index contributed by atoms with van der Waals surface area (Å²) in [6.07, 6.45) is 3.49. The molecular weight excluding hydrogens is 258 g/mol. The first-order valence-electron chi connectivity index (χ1n) is 6.78. The molecule has 0 radical (unpaired) electrons. The molecule has 0 N–H and O–H groups in total. The van der Waals surface area contributed by atoms with Crippen molar-refractivity contribution in [1.82, 2.24) is 19.3 Å². The zero-order valence-corrected chi connectivity index (χ0v) is 11.7. The van der Waals surface area contributed by atoms with E-state index in [2.05, 4.69) is 15.1 Å². The molecule has 7 heteroatoms. The van der Waals surface area contributed by atoms with Crippen molar-refractivity contribution in [2.24, 2.45) is 14.1 Å². The van der Waals surface area contributed by atoms with E-state index in [1.54, 1.807) is 13.1 Å². The lowest BCUT2D eigenvalue weighted by molar-refractivity contribution is 0.571. The highest BCUT2D eigenvalue weighted by Gasteiger charge is 2.16. The number of aromatic nitrogens is 4. The number of hydrogen-bond acceptors (Lipinski definition) is 5. The van der Waals surface area contributed by atoms with Crippen LogP contribution in [0.15, 0.2) is 15.7 Å². The summed E-state index contributed by atoms with van der Waals surface area (Å²) in [5, 5.41) is 8.68. The van der Waals surface area contributed by atoms with Gasteiger partial charge in [0.15, 0.2) is 11.5 Å². The van der Waals surface area contributed by atoms with E-state index >= 15 is 0 Å². The van der Waals surface area contributed by atoms with Crippen LogP contribution in [0.2, 0.25) is 0 Å². The lowest BCUT2D eigenvalue weighted by Crippen LogP contribution is -2.38. The van der Waals surface area contributed by atoms with Crippen molar-refractivity contribution in [1.29, 1.82) is 0 Å². The van der Waals surface area contributed by atoms with Gasteiger partial charge in [-0.15, -0.1) is 10.2 Å². The van der Waals surface area contributed by atoms with Crippen LogP contribution in [0.5, 0.6) is 0 Å².